The lowest BCUT2D eigenvalue weighted by Crippen LogP contribution is -2.32. The smallest absolute Gasteiger partial charge is 0.0699 e. The first-order valence-corrected chi connectivity index (χ1v) is 25.7. The zero-order chi connectivity index (χ0) is 49.8. The second kappa shape index (κ2) is 18.4. The summed E-state index contributed by atoms with van der Waals surface area (Å²) in [5.41, 5.74) is 19.2. The highest BCUT2D eigenvalue weighted by Gasteiger charge is 2.40. The maximum atomic E-state index is 4.91. The van der Waals surface area contributed by atoms with Gasteiger partial charge in [0.1, 0.15) is 0 Å². The third-order valence-electron chi connectivity index (χ3n) is 15.4. The Balaban J connectivity index is 1.01. The predicted octanol–water partition coefficient (Wildman–Crippen LogP) is 19.1. The lowest BCUT2D eigenvalue weighted by Gasteiger charge is -2.38. The number of hydrogen-bond acceptors (Lipinski definition) is 1. The molecule has 1 heterocycles. The molecule has 13 rings (SSSR count). The molecule has 2 heteroatoms. The number of nitrogens with zero attached hydrogens (tertiary/aromatic N) is 2. The minimum Gasteiger partial charge on any atom is -0.310 e. The molecule has 11 aromatic carbocycles. The molecule has 0 bridgehead atoms. The van der Waals surface area contributed by atoms with Crippen LogP contribution in [0.25, 0.3) is 71.3 Å². The molecule has 352 valence electrons. The first kappa shape index (κ1) is 44.7. The van der Waals surface area contributed by atoms with Crippen molar-refractivity contribution in [1.29, 1.82) is 0 Å². The topological polar surface area (TPSA) is 8.17 Å². The molecule has 1 aromatic heterocycles. The molecule has 0 aliphatic heterocycles. The van der Waals surface area contributed by atoms with Crippen molar-refractivity contribution < 1.29 is 0 Å². The van der Waals surface area contributed by atoms with Crippen molar-refractivity contribution in [3.63, 3.8) is 0 Å². The third-order valence-corrected chi connectivity index (χ3v) is 15.4. The molecular weight excluding hydrogens is 893 g/mol. The zero-order valence-electron chi connectivity index (χ0n) is 41.7. The van der Waals surface area contributed by atoms with Gasteiger partial charge in [-0.25, -0.2) is 0 Å². The number of aryl methyl sites for hydroxylation is 2. The SMILES string of the molecule is C=C1/C=C\C=C/Cc2ccc(-n3c4ccc5ccccc5c4c4c5ccccc5c(-c5ccc(-c6cccc(N(c7ccc(C)cc7)c7ccc(C)cc7)c6)cc5)cc43)cc2C1(c1ccccc1)c1ccccc1. The standard InChI is InChI=1S/C72H54N2/c1-49-30-40-59(41-31-49)73(60-42-32-50(2)33-43-60)61-26-17-21-56(46-61)52-34-36-54(37-35-52)66-48-69-71(65-29-16-15-28-64(65)66)70-63-27-14-13-19-53(63)39-45-68(70)74(69)62-44-38-55-20-8-4-7-18-51(3)72(67(55)47-62,57-22-9-5-10-23-57)58-24-11-6-12-25-58/h4-19,21-48H,3,20H2,1-2H3/b8-4-,18-7-. The number of anilines is 3. The van der Waals surface area contributed by atoms with Gasteiger partial charge in [-0.1, -0.05) is 224 Å². The molecule has 74 heavy (non-hydrogen) atoms. The van der Waals surface area contributed by atoms with Crippen LogP contribution in [0.15, 0.2) is 279 Å². The lowest BCUT2D eigenvalue weighted by molar-refractivity contribution is 0.736. The van der Waals surface area contributed by atoms with Gasteiger partial charge in [-0.3, -0.25) is 0 Å². The Bertz CT molecular complexity index is 4070. The van der Waals surface area contributed by atoms with Gasteiger partial charge in [0, 0.05) is 33.5 Å². The number of benzene rings is 11. The summed E-state index contributed by atoms with van der Waals surface area (Å²) in [5, 5.41) is 7.45. The molecule has 1 aliphatic carbocycles. The molecule has 12 aromatic rings. The van der Waals surface area contributed by atoms with Gasteiger partial charge in [0.25, 0.3) is 0 Å². The molecule has 0 saturated heterocycles. The summed E-state index contributed by atoms with van der Waals surface area (Å²) in [6.45, 7) is 9.19. The summed E-state index contributed by atoms with van der Waals surface area (Å²) in [5.74, 6) is 0. The van der Waals surface area contributed by atoms with E-state index in [0.29, 0.717) is 0 Å². The first-order valence-electron chi connectivity index (χ1n) is 25.7. The Morgan fingerprint density at radius 1 is 0.446 bits per heavy atom. The molecule has 0 amide bonds. The van der Waals surface area contributed by atoms with E-state index >= 15 is 0 Å². The Kier molecular flexibility index (Phi) is 11.1. The summed E-state index contributed by atoms with van der Waals surface area (Å²) in [6, 6.07) is 89.8. The monoisotopic (exact) mass is 946 g/mol. The van der Waals surface area contributed by atoms with Crippen molar-refractivity contribution in [2.24, 2.45) is 0 Å². The van der Waals surface area contributed by atoms with Crippen molar-refractivity contribution in [2.75, 3.05) is 4.90 Å². The minimum atomic E-state index is -0.666. The number of rotatable bonds is 8. The van der Waals surface area contributed by atoms with Crippen molar-refractivity contribution in [3.8, 4) is 27.9 Å². The Hall–Kier alpha value is -9.24. The lowest BCUT2D eigenvalue weighted by atomic mass is 9.63. The molecule has 0 atom stereocenters. The van der Waals surface area contributed by atoms with E-state index in [1.54, 1.807) is 0 Å². The van der Waals surface area contributed by atoms with Crippen LogP contribution in [0.5, 0.6) is 0 Å². The van der Waals surface area contributed by atoms with Crippen LogP contribution in [-0.4, -0.2) is 4.57 Å². The van der Waals surface area contributed by atoms with Crippen molar-refractivity contribution in [2.45, 2.75) is 25.7 Å². The van der Waals surface area contributed by atoms with E-state index in [4.69, 9.17) is 6.58 Å². The molecule has 1 aliphatic rings. The van der Waals surface area contributed by atoms with Crippen LogP contribution < -0.4 is 4.90 Å². The van der Waals surface area contributed by atoms with Gasteiger partial charge >= 0.3 is 0 Å². The average molecular weight is 947 g/mol. The van der Waals surface area contributed by atoms with Crippen LogP contribution in [-0.2, 0) is 11.8 Å². The highest BCUT2D eigenvalue weighted by atomic mass is 15.1. The van der Waals surface area contributed by atoms with Crippen molar-refractivity contribution >= 4 is 60.4 Å². The number of fused-ring (bicyclic) bond motifs is 8. The predicted molar refractivity (Wildman–Crippen MR) is 315 cm³/mol. The van der Waals surface area contributed by atoms with Crippen LogP contribution >= 0.6 is 0 Å². The van der Waals surface area contributed by atoms with Crippen LogP contribution in [0.1, 0.15) is 33.4 Å². The van der Waals surface area contributed by atoms with Gasteiger partial charge in [0.05, 0.1) is 16.4 Å². The van der Waals surface area contributed by atoms with Gasteiger partial charge in [-0.2, -0.15) is 0 Å². The van der Waals surface area contributed by atoms with Crippen LogP contribution in [0.2, 0.25) is 0 Å². The highest BCUT2D eigenvalue weighted by Crippen LogP contribution is 2.50. The summed E-state index contributed by atoms with van der Waals surface area (Å²) in [6.07, 6.45) is 9.58. The Morgan fingerprint density at radius 3 is 1.74 bits per heavy atom. The summed E-state index contributed by atoms with van der Waals surface area (Å²) in [7, 11) is 0. The summed E-state index contributed by atoms with van der Waals surface area (Å²) >= 11 is 0. The van der Waals surface area contributed by atoms with Gasteiger partial charge < -0.3 is 9.47 Å². The van der Waals surface area contributed by atoms with Gasteiger partial charge in [-0.15, -0.1) is 0 Å². The van der Waals surface area contributed by atoms with Gasteiger partial charge in [0.2, 0.25) is 0 Å². The number of aromatic nitrogens is 1. The Labute approximate surface area is 433 Å². The highest BCUT2D eigenvalue weighted by molar-refractivity contribution is 6.30. The molecule has 0 spiro atoms. The fourth-order valence-corrected chi connectivity index (χ4v) is 11.9. The van der Waals surface area contributed by atoms with E-state index in [-0.39, 0.29) is 0 Å². The van der Waals surface area contributed by atoms with E-state index in [1.165, 1.54) is 87.9 Å². The van der Waals surface area contributed by atoms with E-state index in [9.17, 15) is 0 Å². The normalized spacial score (nSPS) is 14.1. The van der Waals surface area contributed by atoms with E-state index in [1.807, 2.05) is 0 Å². The number of allylic oxidation sites excluding steroid dienone is 5. The van der Waals surface area contributed by atoms with Crippen LogP contribution in [0.4, 0.5) is 17.1 Å². The summed E-state index contributed by atoms with van der Waals surface area (Å²) < 4.78 is 2.53. The fourth-order valence-electron chi connectivity index (χ4n) is 11.9. The minimum absolute atomic E-state index is 0.666. The third kappa shape index (κ3) is 7.49. The summed E-state index contributed by atoms with van der Waals surface area (Å²) in [4.78, 5) is 2.35. The average Bonchev–Trinajstić information content (AvgIpc) is 3.91. The second-order valence-corrected chi connectivity index (χ2v) is 19.9. The van der Waals surface area contributed by atoms with Crippen molar-refractivity contribution in [3.05, 3.63) is 312 Å². The van der Waals surface area contributed by atoms with Crippen LogP contribution in [0.3, 0.4) is 0 Å². The molecule has 0 fully saturated rings. The number of hydrogen-bond donors (Lipinski definition) is 0. The van der Waals surface area contributed by atoms with Crippen molar-refractivity contribution in [1.82, 2.24) is 4.57 Å². The van der Waals surface area contributed by atoms with E-state index in [0.717, 1.165) is 45.9 Å². The van der Waals surface area contributed by atoms with Gasteiger partial charge in [0.15, 0.2) is 0 Å². The zero-order valence-corrected chi connectivity index (χ0v) is 41.7. The van der Waals surface area contributed by atoms with E-state index in [2.05, 4.69) is 290 Å². The van der Waals surface area contributed by atoms with E-state index < -0.39 is 5.41 Å². The quantitative estimate of drug-likeness (QED) is 0.147. The molecule has 0 radical (unpaired) electrons. The molecular formula is C72H54N2. The maximum absolute atomic E-state index is 4.91. The largest absolute Gasteiger partial charge is 0.310 e. The molecule has 0 unspecified atom stereocenters. The Morgan fingerprint density at radius 2 is 1.05 bits per heavy atom. The fraction of sp³-hybridized carbons (Fsp3) is 0.0556. The molecule has 0 N–H and O–H groups in total. The molecule has 0 saturated carbocycles. The second-order valence-electron chi connectivity index (χ2n) is 19.9. The molecule has 2 nitrogen and oxygen atoms in total. The first-order chi connectivity index (χ1) is 36.4. The maximum Gasteiger partial charge on any atom is 0.0699 e. The van der Waals surface area contributed by atoms with Gasteiger partial charge in [-0.05, 0) is 153 Å². The van der Waals surface area contributed by atoms with Crippen LogP contribution in [0, 0.1) is 13.8 Å².